The van der Waals surface area contributed by atoms with E-state index < -0.39 is 35.5 Å². The third kappa shape index (κ3) is 2.81. The summed E-state index contributed by atoms with van der Waals surface area (Å²) in [4.78, 5) is 6.05. The molecule has 0 bridgehead atoms. The van der Waals surface area contributed by atoms with Crippen LogP contribution in [-0.4, -0.2) is 19.7 Å². The topological polar surface area (TPSA) is 69.6 Å². The molecule has 0 aliphatic heterocycles. The van der Waals surface area contributed by atoms with E-state index in [9.17, 15) is 26.3 Å². The van der Waals surface area contributed by atoms with Crippen LogP contribution in [-0.2, 0) is 12.4 Å². The van der Waals surface area contributed by atoms with Crippen molar-refractivity contribution in [2.24, 2.45) is 0 Å². The van der Waals surface area contributed by atoms with Gasteiger partial charge in [-0.1, -0.05) is 0 Å². The van der Waals surface area contributed by atoms with E-state index >= 15 is 0 Å². The molecule has 0 aliphatic rings. The van der Waals surface area contributed by atoms with E-state index in [-0.39, 0.29) is 0 Å². The van der Waals surface area contributed by atoms with Gasteiger partial charge < -0.3 is 5.73 Å². The Bertz CT molecular complexity index is 628. The van der Waals surface area contributed by atoms with Crippen LogP contribution in [0.3, 0.4) is 0 Å². The van der Waals surface area contributed by atoms with Gasteiger partial charge in [0.1, 0.15) is 5.82 Å². The van der Waals surface area contributed by atoms with Crippen molar-refractivity contribution in [1.82, 2.24) is 19.7 Å². The molecule has 0 spiro atoms. The van der Waals surface area contributed by atoms with Crippen LogP contribution in [0.4, 0.5) is 32.2 Å². The van der Waals surface area contributed by atoms with Crippen LogP contribution >= 0.6 is 0 Å². The highest BCUT2D eigenvalue weighted by atomic mass is 19.4. The molecule has 0 atom stereocenters. The molecule has 0 radical (unpaired) electrons. The van der Waals surface area contributed by atoms with E-state index in [2.05, 4.69) is 15.1 Å². The van der Waals surface area contributed by atoms with Crippen molar-refractivity contribution < 1.29 is 26.3 Å². The summed E-state index contributed by atoms with van der Waals surface area (Å²) in [6.45, 7) is 0. The first-order valence-corrected chi connectivity index (χ1v) is 4.92. The SMILES string of the molecule is Nc1cc(-n2ccc(C(F)(F)F)n2)nc(C(F)(F)F)n1. The molecule has 0 saturated heterocycles. The fourth-order valence-electron chi connectivity index (χ4n) is 1.30. The number of halogens is 6. The number of nitrogens with zero attached hydrogens (tertiary/aromatic N) is 4. The molecule has 0 saturated carbocycles. The van der Waals surface area contributed by atoms with Crippen molar-refractivity contribution in [2.75, 3.05) is 5.73 Å². The number of anilines is 1. The summed E-state index contributed by atoms with van der Waals surface area (Å²) >= 11 is 0. The van der Waals surface area contributed by atoms with E-state index in [1.54, 1.807) is 0 Å². The minimum atomic E-state index is -4.87. The number of alkyl halides is 6. The molecule has 2 heterocycles. The van der Waals surface area contributed by atoms with Crippen LogP contribution in [0.15, 0.2) is 18.3 Å². The molecule has 0 unspecified atom stereocenters. The fourth-order valence-corrected chi connectivity index (χ4v) is 1.30. The quantitative estimate of drug-likeness (QED) is 0.820. The van der Waals surface area contributed by atoms with Crippen LogP contribution in [0, 0.1) is 0 Å². The molecule has 2 N–H and O–H groups in total. The third-order valence-corrected chi connectivity index (χ3v) is 2.10. The Kier molecular flexibility index (Phi) is 3.07. The molecule has 2 rings (SSSR count). The maximum Gasteiger partial charge on any atom is 0.451 e. The van der Waals surface area contributed by atoms with Gasteiger partial charge in [-0.2, -0.15) is 31.4 Å². The number of hydrogen-bond donors (Lipinski definition) is 1. The fraction of sp³-hybridized carbons (Fsp3) is 0.222. The summed E-state index contributed by atoms with van der Waals surface area (Å²) < 4.78 is 75.0. The Balaban J connectivity index is 2.48. The predicted octanol–water partition coefficient (Wildman–Crippen LogP) is 2.28. The molecule has 0 fully saturated rings. The molecule has 20 heavy (non-hydrogen) atoms. The summed E-state index contributed by atoms with van der Waals surface area (Å²) in [5.74, 6) is -2.61. The van der Waals surface area contributed by atoms with E-state index in [4.69, 9.17) is 5.73 Å². The van der Waals surface area contributed by atoms with Gasteiger partial charge in [-0.25, -0.2) is 14.6 Å². The Morgan fingerprint density at radius 3 is 2.15 bits per heavy atom. The largest absolute Gasteiger partial charge is 0.451 e. The molecule has 0 amide bonds. The van der Waals surface area contributed by atoms with Gasteiger partial charge in [0, 0.05) is 12.3 Å². The second-order valence-electron chi connectivity index (χ2n) is 3.62. The molecule has 2 aromatic heterocycles. The van der Waals surface area contributed by atoms with Crippen LogP contribution in [0.25, 0.3) is 5.82 Å². The third-order valence-electron chi connectivity index (χ3n) is 2.10. The zero-order chi connectivity index (χ0) is 15.1. The maximum atomic E-state index is 12.5. The lowest BCUT2D eigenvalue weighted by Gasteiger charge is -2.08. The molecule has 2 aromatic rings. The normalized spacial score (nSPS) is 12.7. The predicted molar refractivity (Wildman–Crippen MR) is 53.6 cm³/mol. The molecule has 0 aromatic carbocycles. The van der Waals surface area contributed by atoms with E-state index in [1.165, 1.54) is 0 Å². The smallest absolute Gasteiger partial charge is 0.384 e. The van der Waals surface area contributed by atoms with Gasteiger partial charge in [-0.15, -0.1) is 0 Å². The van der Waals surface area contributed by atoms with Crippen molar-refractivity contribution in [3.63, 3.8) is 0 Å². The van der Waals surface area contributed by atoms with E-state index in [0.29, 0.717) is 10.7 Å². The van der Waals surface area contributed by atoms with Gasteiger partial charge in [0.2, 0.25) is 5.82 Å². The molecule has 108 valence electrons. The highest BCUT2D eigenvalue weighted by Crippen LogP contribution is 2.29. The average molecular weight is 297 g/mol. The molecule has 0 aliphatic carbocycles. The number of rotatable bonds is 1. The van der Waals surface area contributed by atoms with Gasteiger partial charge in [0.05, 0.1) is 0 Å². The summed E-state index contributed by atoms with van der Waals surface area (Å²) in [6, 6.07) is 1.48. The average Bonchev–Trinajstić information content (AvgIpc) is 2.75. The lowest BCUT2D eigenvalue weighted by molar-refractivity contribution is -0.145. The molecule has 11 heteroatoms. The van der Waals surface area contributed by atoms with Gasteiger partial charge in [-0.3, -0.25) is 0 Å². The van der Waals surface area contributed by atoms with Crippen LogP contribution in [0.5, 0.6) is 0 Å². The zero-order valence-corrected chi connectivity index (χ0v) is 9.37. The van der Waals surface area contributed by atoms with E-state index in [0.717, 1.165) is 12.3 Å². The van der Waals surface area contributed by atoms with Crippen LogP contribution in [0.2, 0.25) is 0 Å². The molecule has 5 nitrogen and oxygen atoms in total. The van der Waals surface area contributed by atoms with Crippen molar-refractivity contribution >= 4 is 5.82 Å². The first-order valence-electron chi connectivity index (χ1n) is 4.92. The standard InChI is InChI=1S/C9H5F6N5/c10-8(11,12)4-1-2-20(19-4)6-3-5(16)17-7(18-6)9(13,14)15/h1-3H,(H2,16,17,18). The first-order chi connectivity index (χ1) is 9.07. The summed E-state index contributed by atoms with van der Waals surface area (Å²) in [7, 11) is 0. The Morgan fingerprint density at radius 1 is 1.00 bits per heavy atom. The number of nitrogen functional groups attached to an aromatic ring is 1. The lowest BCUT2D eigenvalue weighted by Crippen LogP contribution is -2.15. The lowest BCUT2D eigenvalue weighted by atomic mass is 10.4. The zero-order valence-electron chi connectivity index (χ0n) is 9.37. The first kappa shape index (κ1) is 14.1. The van der Waals surface area contributed by atoms with Crippen molar-refractivity contribution in [2.45, 2.75) is 12.4 Å². The van der Waals surface area contributed by atoms with Crippen molar-refractivity contribution in [1.29, 1.82) is 0 Å². The van der Waals surface area contributed by atoms with Crippen molar-refractivity contribution in [3.05, 3.63) is 29.8 Å². The van der Waals surface area contributed by atoms with E-state index in [1.807, 2.05) is 0 Å². The summed E-state index contributed by atoms with van der Waals surface area (Å²) in [5.41, 5.74) is 3.91. The van der Waals surface area contributed by atoms with Crippen LogP contribution < -0.4 is 5.73 Å². The van der Waals surface area contributed by atoms with Gasteiger partial charge >= 0.3 is 12.4 Å². The minimum Gasteiger partial charge on any atom is -0.384 e. The second-order valence-corrected chi connectivity index (χ2v) is 3.62. The Labute approximate surface area is 107 Å². The summed E-state index contributed by atoms with van der Waals surface area (Å²) in [5, 5.41) is 3.09. The maximum absolute atomic E-state index is 12.5. The highest BCUT2D eigenvalue weighted by Gasteiger charge is 2.36. The summed E-state index contributed by atoms with van der Waals surface area (Å²) in [6.07, 6.45) is -8.76. The van der Waals surface area contributed by atoms with Gasteiger partial charge in [0.25, 0.3) is 0 Å². The monoisotopic (exact) mass is 297 g/mol. The molecular formula is C9H5F6N5. The Hall–Kier alpha value is -2.33. The second kappa shape index (κ2) is 4.35. The van der Waals surface area contributed by atoms with Gasteiger partial charge in [0.15, 0.2) is 11.5 Å². The Morgan fingerprint density at radius 2 is 1.65 bits per heavy atom. The number of aromatic nitrogens is 4. The number of hydrogen-bond acceptors (Lipinski definition) is 4. The van der Waals surface area contributed by atoms with Gasteiger partial charge in [-0.05, 0) is 6.07 Å². The number of nitrogens with two attached hydrogens (primary N) is 1. The van der Waals surface area contributed by atoms with Crippen LogP contribution in [0.1, 0.15) is 11.5 Å². The molecular weight excluding hydrogens is 292 g/mol. The van der Waals surface area contributed by atoms with Crippen molar-refractivity contribution in [3.8, 4) is 5.82 Å². The minimum absolute atomic E-state index is 0.514. The highest BCUT2D eigenvalue weighted by molar-refractivity contribution is 5.37.